The van der Waals surface area contributed by atoms with Gasteiger partial charge in [-0.1, -0.05) is 6.92 Å². The van der Waals surface area contributed by atoms with Crippen LogP contribution in [0.1, 0.15) is 20.3 Å². The maximum atomic E-state index is 11.3. The molecule has 0 heterocycles. The van der Waals surface area contributed by atoms with Crippen molar-refractivity contribution in [3.05, 3.63) is 0 Å². The van der Waals surface area contributed by atoms with Crippen molar-refractivity contribution in [2.45, 2.75) is 20.3 Å². The summed E-state index contributed by atoms with van der Waals surface area (Å²) in [6.07, 6.45) is 1.00. The molecule has 0 bridgehead atoms. The van der Waals surface area contributed by atoms with Crippen LogP contribution in [0.25, 0.3) is 0 Å². The van der Waals surface area contributed by atoms with Gasteiger partial charge in [-0.2, -0.15) is 0 Å². The van der Waals surface area contributed by atoms with Crippen LogP contribution in [0.15, 0.2) is 0 Å². The van der Waals surface area contributed by atoms with E-state index in [0.29, 0.717) is 39.6 Å². The van der Waals surface area contributed by atoms with Crippen molar-refractivity contribution in [1.82, 2.24) is 10.6 Å². The Kier molecular flexibility index (Phi) is 17.5. The number of amides is 1. The van der Waals surface area contributed by atoms with Crippen LogP contribution in [0, 0.1) is 0 Å². The minimum Gasteiger partial charge on any atom is -0.379 e. The lowest BCUT2D eigenvalue weighted by Crippen LogP contribution is -2.31. The minimum atomic E-state index is -0.262. The van der Waals surface area contributed by atoms with Gasteiger partial charge in [0, 0.05) is 13.2 Å². The van der Waals surface area contributed by atoms with Crippen molar-refractivity contribution in [3.63, 3.8) is 0 Å². The maximum Gasteiger partial charge on any atom is 0.246 e. The summed E-state index contributed by atoms with van der Waals surface area (Å²) in [5.74, 6) is -0.368. The van der Waals surface area contributed by atoms with E-state index >= 15 is 0 Å². The summed E-state index contributed by atoms with van der Waals surface area (Å²) < 4.78 is 21.0. The number of ketones is 1. The second-order valence-corrected chi connectivity index (χ2v) is 5.09. The predicted molar refractivity (Wildman–Crippen MR) is 90.1 cm³/mol. The predicted octanol–water partition coefficient (Wildman–Crippen LogP) is -0.242. The van der Waals surface area contributed by atoms with Gasteiger partial charge in [-0.05, 0) is 26.4 Å². The van der Waals surface area contributed by atoms with Crippen LogP contribution in [-0.4, -0.2) is 84.2 Å². The molecule has 0 unspecified atom stereocenters. The molecule has 0 saturated heterocycles. The van der Waals surface area contributed by atoms with Crippen molar-refractivity contribution < 1.29 is 28.5 Å². The highest BCUT2D eigenvalue weighted by molar-refractivity contribution is 5.79. The van der Waals surface area contributed by atoms with Crippen molar-refractivity contribution in [2.75, 3.05) is 72.5 Å². The van der Waals surface area contributed by atoms with E-state index in [0.717, 1.165) is 26.1 Å². The molecule has 1 amide bonds. The zero-order chi connectivity index (χ0) is 17.9. The van der Waals surface area contributed by atoms with Gasteiger partial charge in [-0.15, -0.1) is 0 Å². The largest absolute Gasteiger partial charge is 0.379 e. The number of Topliss-reactive ketones (excluding diaryl/α,β-unsaturated/α-hetero) is 1. The lowest BCUT2D eigenvalue weighted by molar-refractivity contribution is -0.129. The molecule has 0 aromatic heterocycles. The van der Waals surface area contributed by atoms with E-state index in [2.05, 4.69) is 17.6 Å². The van der Waals surface area contributed by atoms with Gasteiger partial charge in [0.25, 0.3) is 0 Å². The summed E-state index contributed by atoms with van der Waals surface area (Å²) in [6.45, 7) is 8.94. The third kappa shape index (κ3) is 19.0. The second-order valence-electron chi connectivity index (χ2n) is 5.09. The zero-order valence-electron chi connectivity index (χ0n) is 14.9. The smallest absolute Gasteiger partial charge is 0.246 e. The Balaban J connectivity index is 3.12. The van der Waals surface area contributed by atoms with E-state index in [1.807, 2.05) is 0 Å². The zero-order valence-corrected chi connectivity index (χ0v) is 14.9. The average molecular weight is 348 g/mol. The summed E-state index contributed by atoms with van der Waals surface area (Å²) in [5.41, 5.74) is 0. The molecular weight excluding hydrogens is 316 g/mol. The van der Waals surface area contributed by atoms with Gasteiger partial charge in [0.15, 0.2) is 5.78 Å². The highest BCUT2D eigenvalue weighted by Gasteiger charge is 2.01. The lowest BCUT2D eigenvalue weighted by atomic mass is 10.4. The molecule has 0 fully saturated rings. The highest BCUT2D eigenvalue weighted by atomic mass is 16.5. The number of hydrogen-bond donors (Lipinski definition) is 2. The van der Waals surface area contributed by atoms with Crippen molar-refractivity contribution >= 4 is 11.7 Å². The standard InChI is InChI=1S/C16H32N2O6/c1-3-17-5-4-7-21-9-11-23-12-10-22-8-6-18-16(20)14-24-13-15(2)19/h17H,3-14H2,1-2H3,(H,18,20). The Bertz CT molecular complexity index is 315. The van der Waals surface area contributed by atoms with Crippen molar-refractivity contribution in [1.29, 1.82) is 0 Å². The van der Waals surface area contributed by atoms with E-state index in [1.54, 1.807) is 0 Å². The van der Waals surface area contributed by atoms with Crippen LogP contribution in [0.4, 0.5) is 0 Å². The summed E-state index contributed by atoms with van der Waals surface area (Å²) in [6, 6.07) is 0. The normalized spacial score (nSPS) is 10.8. The molecule has 0 aliphatic heterocycles. The average Bonchev–Trinajstić information content (AvgIpc) is 2.55. The van der Waals surface area contributed by atoms with E-state index in [-0.39, 0.29) is 24.9 Å². The first kappa shape index (κ1) is 22.9. The Morgan fingerprint density at radius 3 is 2.04 bits per heavy atom. The fourth-order valence-electron chi connectivity index (χ4n) is 1.62. The molecule has 24 heavy (non-hydrogen) atoms. The van der Waals surface area contributed by atoms with Gasteiger partial charge < -0.3 is 29.6 Å². The molecular formula is C16H32N2O6. The number of rotatable bonds is 18. The summed E-state index contributed by atoms with van der Waals surface area (Å²) >= 11 is 0. The van der Waals surface area contributed by atoms with Gasteiger partial charge in [0.1, 0.15) is 13.2 Å². The molecule has 8 heteroatoms. The molecule has 8 nitrogen and oxygen atoms in total. The molecule has 0 radical (unpaired) electrons. The van der Waals surface area contributed by atoms with Crippen LogP contribution in [0.2, 0.25) is 0 Å². The van der Waals surface area contributed by atoms with Gasteiger partial charge in [-0.25, -0.2) is 0 Å². The fourth-order valence-corrected chi connectivity index (χ4v) is 1.62. The SMILES string of the molecule is CCNCCCOCCOCCOCCNC(=O)COCC(C)=O. The first-order chi connectivity index (χ1) is 11.7. The Morgan fingerprint density at radius 2 is 1.42 bits per heavy atom. The number of carbonyl (C=O) groups excluding carboxylic acids is 2. The molecule has 0 rings (SSSR count). The Labute approximate surface area is 144 Å². The van der Waals surface area contributed by atoms with Crippen LogP contribution in [0.5, 0.6) is 0 Å². The molecule has 0 atom stereocenters. The molecule has 0 saturated carbocycles. The van der Waals surface area contributed by atoms with Crippen LogP contribution >= 0.6 is 0 Å². The van der Waals surface area contributed by atoms with Crippen LogP contribution in [0.3, 0.4) is 0 Å². The minimum absolute atomic E-state index is 0.0411. The van der Waals surface area contributed by atoms with Gasteiger partial charge in [-0.3, -0.25) is 9.59 Å². The molecule has 142 valence electrons. The number of hydrogen-bond acceptors (Lipinski definition) is 7. The van der Waals surface area contributed by atoms with Crippen molar-refractivity contribution in [2.24, 2.45) is 0 Å². The first-order valence-electron chi connectivity index (χ1n) is 8.44. The van der Waals surface area contributed by atoms with E-state index in [1.165, 1.54) is 6.92 Å². The first-order valence-corrected chi connectivity index (χ1v) is 8.44. The number of carbonyl (C=O) groups is 2. The van der Waals surface area contributed by atoms with E-state index in [4.69, 9.17) is 18.9 Å². The Hall–Kier alpha value is -1.06. The molecule has 2 N–H and O–H groups in total. The molecule has 0 aliphatic carbocycles. The molecule has 0 spiro atoms. The molecule has 0 aliphatic rings. The number of ether oxygens (including phenoxy) is 4. The van der Waals surface area contributed by atoms with E-state index < -0.39 is 0 Å². The number of nitrogens with one attached hydrogen (secondary N) is 2. The second kappa shape index (κ2) is 18.3. The highest BCUT2D eigenvalue weighted by Crippen LogP contribution is 1.84. The summed E-state index contributed by atoms with van der Waals surface area (Å²) in [4.78, 5) is 21.9. The van der Waals surface area contributed by atoms with Gasteiger partial charge >= 0.3 is 0 Å². The van der Waals surface area contributed by atoms with Gasteiger partial charge in [0.05, 0.1) is 33.0 Å². The topological polar surface area (TPSA) is 95.1 Å². The monoisotopic (exact) mass is 348 g/mol. The third-order valence-corrected chi connectivity index (χ3v) is 2.74. The van der Waals surface area contributed by atoms with Crippen LogP contribution in [-0.2, 0) is 28.5 Å². The quantitative estimate of drug-likeness (QED) is 0.330. The van der Waals surface area contributed by atoms with E-state index in [9.17, 15) is 9.59 Å². The molecule has 0 aromatic carbocycles. The summed E-state index contributed by atoms with van der Waals surface area (Å²) in [5, 5.41) is 5.86. The summed E-state index contributed by atoms with van der Waals surface area (Å²) in [7, 11) is 0. The Morgan fingerprint density at radius 1 is 0.792 bits per heavy atom. The van der Waals surface area contributed by atoms with Crippen LogP contribution < -0.4 is 10.6 Å². The fraction of sp³-hybridized carbons (Fsp3) is 0.875. The van der Waals surface area contributed by atoms with Crippen molar-refractivity contribution in [3.8, 4) is 0 Å². The lowest BCUT2D eigenvalue weighted by Gasteiger charge is -2.08. The van der Waals surface area contributed by atoms with Gasteiger partial charge in [0.2, 0.25) is 5.91 Å². The molecule has 0 aromatic rings. The third-order valence-electron chi connectivity index (χ3n) is 2.74. The maximum absolute atomic E-state index is 11.3.